The molecule has 314 valence electrons. The molecule has 1 saturated carbocycles. The van der Waals surface area contributed by atoms with Gasteiger partial charge in [-0.3, -0.25) is 9.69 Å². The number of benzene rings is 2. The number of hydrogen-bond acceptors (Lipinski definition) is 15. The summed E-state index contributed by atoms with van der Waals surface area (Å²) in [4.78, 5) is 70.0. The second-order valence-electron chi connectivity index (χ2n) is 15.4. The molecule has 3 aromatic rings. The minimum atomic E-state index is -0.966. The fourth-order valence-corrected chi connectivity index (χ4v) is 8.45. The van der Waals surface area contributed by atoms with Gasteiger partial charge in [0.05, 0.1) is 45.5 Å². The predicted molar refractivity (Wildman–Crippen MR) is 205 cm³/mol. The molecule has 58 heavy (non-hydrogen) atoms. The average Bonchev–Trinajstić information content (AvgIpc) is 3.56. The summed E-state index contributed by atoms with van der Waals surface area (Å²) in [7, 11) is 5.53. The van der Waals surface area contributed by atoms with E-state index in [0.29, 0.717) is 25.1 Å². The van der Waals surface area contributed by atoms with Crippen LogP contribution in [0.4, 0.5) is 9.59 Å². The molecule has 2 aromatic carbocycles. The second kappa shape index (κ2) is 17.5. The van der Waals surface area contributed by atoms with Crippen molar-refractivity contribution in [3.8, 4) is 23.0 Å². The Labute approximate surface area is 335 Å². The number of alkyl carbamates (subject to hydrolysis) is 1. The molecular weight excluding hydrogens is 758 g/mol. The molecular formula is C41H51N3O14. The van der Waals surface area contributed by atoms with Gasteiger partial charge in [-0.15, -0.1) is 0 Å². The van der Waals surface area contributed by atoms with Crippen molar-refractivity contribution in [1.82, 2.24) is 15.2 Å². The number of fused-ring (bicyclic) bond motifs is 6. The lowest BCUT2D eigenvalue weighted by atomic mass is 9.63. The van der Waals surface area contributed by atoms with E-state index >= 15 is 0 Å². The first-order chi connectivity index (χ1) is 27.7. The van der Waals surface area contributed by atoms with Crippen molar-refractivity contribution < 1.29 is 66.6 Å². The molecule has 2 fully saturated rings. The van der Waals surface area contributed by atoms with Gasteiger partial charge in [-0.2, -0.15) is 0 Å². The molecule has 1 saturated heterocycles. The molecule has 6 atom stereocenters. The summed E-state index contributed by atoms with van der Waals surface area (Å²) in [5.41, 5.74) is 2.34. The highest BCUT2D eigenvalue weighted by Crippen LogP contribution is 2.51. The third-order valence-corrected chi connectivity index (χ3v) is 10.8. The predicted octanol–water partition coefficient (Wildman–Crippen LogP) is 5.12. The highest BCUT2D eigenvalue weighted by molar-refractivity contribution is 5.92. The molecule has 2 N–H and O–H groups in total. The van der Waals surface area contributed by atoms with E-state index in [-0.39, 0.29) is 53.8 Å². The number of methoxy groups -OCH3 is 4. The summed E-state index contributed by atoms with van der Waals surface area (Å²) in [6, 6.07) is 8.10. The molecule has 1 aliphatic carbocycles. The lowest BCUT2D eigenvalue weighted by molar-refractivity contribution is -0.176. The summed E-state index contributed by atoms with van der Waals surface area (Å²) in [5, 5.41) is 3.42. The van der Waals surface area contributed by atoms with Crippen molar-refractivity contribution in [2.45, 2.75) is 70.8 Å². The number of aromatic amines is 1. The summed E-state index contributed by atoms with van der Waals surface area (Å²) >= 11 is 0. The minimum absolute atomic E-state index is 0.0415. The molecule has 1 unspecified atom stereocenters. The third kappa shape index (κ3) is 8.94. The average molecular weight is 810 g/mol. The fourth-order valence-electron chi connectivity index (χ4n) is 8.45. The normalized spacial score (nSPS) is 22.6. The largest absolute Gasteiger partial charge is 0.514 e. The van der Waals surface area contributed by atoms with E-state index in [1.54, 1.807) is 39.8 Å². The zero-order valence-electron chi connectivity index (χ0n) is 34.0. The Kier molecular flexibility index (Phi) is 12.7. The van der Waals surface area contributed by atoms with Gasteiger partial charge in [-0.1, -0.05) is 0 Å². The van der Waals surface area contributed by atoms with Crippen molar-refractivity contribution in [2.75, 3.05) is 54.7 Å². The highest BCUT2D eigenvalue weighted by Gasteiger charge is 2.54. The number of H-pyrrole nitrogens is 1. The molecule has 2 aliphatic heterocycles. The molecule has 0 radical (unpaired) electrons. The standard InChI is InChI=1S/C41H51N3O14/c1-9-54-40(49)57-35-29(50-5)14-21(15-30(35)51-6)37(46)56-31-16-22-20-44-13-12-25-24-11-10-23(55-32(45)19-42-39(48)58-41(2,3)4)17-27(24)43-34(25)28(44)18-26(22)33(36(31)52-7)38(47)53-8/h10-11,14-15,17,22,26,28,31,33,36,43H,9,12-13,16,18-20H2,1-8H3,(H,42,48)/t22?,26-,28+,31+,33-,36-/m0/s1. The maximum atomic E-state index is 13.8. The van der Waals surface area contributed by atoms with E-state index in [2.05, 4.69) is 15.2 Å². The Bertz CT molecular complexity index is 2010. The van der Waals surface area contributed by atoms with Crippen molar-refractivity contribution in [1.29, 1.82) is 0 Å². The number of nitrogens with zero attached hydrogens (tertiary/aromatic N) is 1. The number of nitrogens with one attached hydrogen (secondary N) is 2. The van der Waals surface area contributed by atoms with E-state index < -0.39 is 53.9 Å². The number of rotatable bonds is 11. The molecule has 0 spiro atoms. The van der Waals surface area contributed by atoms with Crippen LogP contribution in [0.5, 0.6) is 23.0 Å². The number of aromatic nitrogens is 1. The molecule has 3 aliphatic rings. The zero-order valence-corrected chi connectivity index (χ0v) is 34.0. The number of amides is 1. The van der Waals surface area contributed by atoms with E-state index in [4.69, 9.17) is 42.6 Å². The Balaban J connectivity index is 1.20. The topological polar surface area (TPSA) is 199 Å². The number of hydrogen-bond donors (Lipinski definition) is 2. The lowest BCUT2D eigenvalue weighted by Crippen LogP contribution is -2.58. The second-order valence-corrected chi connectivity index (χ2v) is 15.4. The van der Waals surface area contributed by atoms with E-state index in [0.717, 1.165) is 35.1 Å². The fraction of sp³-hybridized carbons (Fsp3) is 0.537. The van der Waals surface area contributed by atoms with E-state index in [9.17, 15) is 24.0 Å². The van der Waals surface area contributed by atoms with Crippen LogP contribution in [-0.4, -0.2) is 113 Å². The van der Waals surface area contributed by atoms with Crippen LogP contribution in [0.2, 0.25) is 0 Å². The van der Waals surface area contributed by atoms with Gasteiger partial charge in [-0.05, 0) is 88.6 Å². The van der Waals surface area contributed by atoms with Gasteiger partial charge >= 0.3 is 30.2 Å². The van der Waals surface area contributed by atoms with Crippen LogP contribution < -0.4 is 24.3 Å². The van der Waals surface area contributed by atoms with E-state index in [1.807, 2.05) is 6.07 Å². The van der Waals surface area contributed by atoms with Gasteiger partial charge in [0.25, 0.3) is 0 Å². The summed E-state index contributed by atoms with van der Waals surface area (Å²) in [6.07, 6.45) is -1.49. The van der Waals surface area contributed by atoms with Crippen molar-refractivity contribution in [2.24, 2.45) is 17.8 Å². The molecule has 17 heteroatoms. The quantitative estimate of drug-likeness (QED) is 0.112. The Morgan fingerprint density at radius 1 is 0.948 bits per heavy atom. The van der Waals surface area contributed by atoms with Crippen molar-refractivity contribution in [3.05, 3.63) is 47.2 Å². The Hall–Kier alpha value is -5.55. The number of carbonyl (C=O) groups excluding carboxylic acids is 5. The molecule has 6 rings (SSSR count). The van der Waals surface area contributed by atoms with Crippen LogP contribution in [0.25, 0.3) is 10.9 Å². The maximum Gasteiger partial charge on any atom is 0.514 e. The van der Waals surface area contributed by atoms with Gasteiger partial charge in [-0.25, -0.2) is 19.2 Å². The molecule has 0 bridgehead atoms. The molecule has 1 amide bonds. The van der Waals surface area contributed by atoms with Crippen LogP contribution in [0.15, 0.2) is 30.3 Å². The zero-order chi connectivity index (χ0) is 41.9. The Morgan fingerprint density at radius 2 is 1.67 bits per heavy atom. The highest BCUT2D eigenvalue weighted by atomic mass is 16.7. The number of esters is 3. The van der Waals surface area contributed by atoms with Crippen LogP contribution in [0.3, 0.4) is 0 Å². The summed E-state index contributed by atoms with van der Waals surface area (Å²) in [6.45, 7) is 7.96. The first-order valence-corrected chi connectivity index (χ1v) is 19.2. The molecule has 3 heterocycles. The maximum absolute atomic E-state index is 13.8. The smallest absolute Gasteiger partial charge is 0.493 e. The lowest BCUT2D eigenvalue weighted by Gasteiger charge is -2.52. The third-order valence-electron chi connectivity index (χ3n) is 10.8. The van der Waals surface area contributed by atoms with Crippen molar-refractivity contribution >= 4 is 41.1 Å². The first-order valence-electron chi connectivity index (χ1n) is 19.2. The SMILES string of the molecule is CCOC(=O)Oc1c(OC)cc(C(=O)O[C@@H]2CC3CN4CCc5c([nH]c6cc(OC(=O)CNC(=O)OC(C)(C)C)ccc56)[C@H]4C[C@@H]3[C@H](C(=O)OC)[C@H]2OC)cc1OC. The Morgan fingerprint density at radius 3 is 2.31 bits per heavy atom. The first kappa shape index (κ1) is 42.1. The van der Waals surface area contributed by atoms with Gasteiger partial charge in [0, 0.05) is 42.9 Å². The van der Waals surface area contributed by atoms with Gasteiger partial charge < -0.3 is 52.9 Å². The van der Waals surface area contributed by atoms with Crippen LogP contribution in [-0.2, 0) is 39.7 Å². The van der Waals surface area contributed by atoms with Crippen LogP contribution >= 0.6 is 0 Å². The van der Waals surface area contributed by atoms with Crippen molar-refractivity contribution in [3.63, 3.8) is 0 Å². The van der Waals surface area contributed by atoms with Gasteiger partial charge in [0.1, 0.15) is 30.1 Å². The van der Waals surface area contributed by atoms with Gasteiger partial charge in [0.2, 0.25) is 5.75 Å². The monoisotopic (exact) mass is 809 g/mol. The van der Waals surface area contributed by atoms with Gasteiger partial charge in [0.15, 0.2) is 11.5 Å². The van der Waals surface area contributed by atoms with E-state index in [1.165, 1.54) is 40.6 Å². The summed E-state index contributed by atoms with van der Waals surface area (Å²) < 4.78 is 49.1. The molecule has 1 aromatic heterocycles. The minimum Gasteiger partial charge on any atom is -0.493 e. The number of carbonyl (C=O) groups is 5. The number of piperidine rings is 1. The summed E-state index contributed by atoms with van der Waals surface area (Å²) in [5.74, 6) is -2.42. The molecule has 17 nitrogen and oxygen atoms in total. The van der Waals surface area contributed by atoms with Crippen LogP contribution in [0, 0.1) is 17.8 Å². The van der Waals surface area contributed by atoms with Crippen LogP contribution in [0.1, 0.15) is 68.2 Å². The number of ether oxygens (including phenoxy) is 9.